The van der Waals surface area contributed by atoms with Crippen molar-refractivity contribution in [3.8, 4) is 11.3 Å². The zero-order valence-electron chi connectivity index (χ0n) is 18.6. The summed E-state index contributed by atoms with van der Waals surface area (Å²) in [7, 11) is 0. The highest BCUT2D eigenvalue weighted by molar-refractivity contribution is 8.18. The van der Waals surface area contributed by atoms with Gasteiger partial charge in [-0.2, -0.15) is 0 Å². The lowest BCUT2D eigenvalue weighted by Gasteiger charge is -2.31. The summed E-state index contributed by atoms with van der Waals surface area (Å²) in [5.41, 5.74) is 0.777. The zero-order chi connectivity index (χ0) is 22.8. The van der Waals surface area contributed by atoms with E-state index in [9.17, 15) is 4.79 Å². The quantitative estimate of drug-likeness (QED) is 0.395. The zero-order valence-corrected chi connectivity index (χ0v) is 20.9. The van der Waals surface area contributed by atoms with Crippen LogP contribution in [0.1, 0.15) is 70.0 Å². The number of amides is 1. The van der Waals surface area contributed by atoms with Crippen LogP contribution >= 0.6 is 35.0 Å². The van der Waals surface area contributed by atoms with E-state index in [1.807, 2.05) is 29.2 Å². The monoisotopic (exact) mass is 502 g/mol. The normalized spacial score (nSPS) is 23.2. The summed E-state index contributed by atoms with van der Waals surface area (Å²) in [4.78, 5) is 21.3. The first-order chi connectivity index (χ1) is 16.1. The van der Waals surface area contributed by atoms with Crippen molar-refractivity contribution in [1.82, 2.24) is 4.90 Å². The number of benzene rings is 1. The summed E-state index contributed by atoms with van der Waals surface area (Å²) in [6.45, 7) is 0. The average Bonchev–Trinajstić information content (AvgIpc) is 3.40. The molecule has 3 aliphatic rings. The van der Waals surface area contributed by atoms with Gasteiger partial charge in [0, 0.05) is 22.7 Å². The molecule has 0 atom stereocenters. The van der Waals surface area contributed by atoms with Crippen molar-refractivity contribution in [1.29, 1.82) is 0 Å². The van der Waals surface area contributed by atoms with Gasteiger partial charge >= 0.3 is 0 Å². The third kappa shape index (κ3) is 5.21. The van der Waals surface area contributed by atoms with Crippen molar-refractivity contribution in [2.45, 2.75) is 76.3 Å². The van der Waals surface area contributed by atoms with Gasteiger partial charge in [-0.05, 0) is 67.8 Å². The summed E-state index contributed by atoms with van der Waals surface area (Å²) in [6, 6.07) is 9.68. The van der Waals surface area contributed by atoms with E-state index in [2.05, 4.69) is 0 Å². The number of carbonyl (C=O) groups is 1. The van der Waals surface area contributed by atoms with Crippen molar-refractivity contribution in [2.24, 2.45) is 4.99 Å². The van der Waals surface area contributed by atoms with Gasteiger partial charge in [-0.25, -0.2) is 0 Å². The smallest absolute Gasteiger partial charge is 0.267 e. The molecular formula is C26H28Cl2N2O2S. The number of hydrogen-bond donors (Lipinski definition) is 0. The van der Waals surface area contributed by atoms with Gasteiger partial charge in [0.1, 0.15) is 11.5 Å². The second kappa shape index (κ2) is 10.3. The van der Waals surface area contributed by atoms with Crippen LogP contribution in [-0.4, -0.2) is 28.1 Å². The molecule has 33 heavy (non-hydrogen) atoms. The van der Waals surface area contributed by atoms with Crippen LogP contribution < -0.4 is 0 Å². The number of halogens is 2. The number of amidine groups is 1. The molecule has 1 aromatic heterocycles. The van der Waals surface area contributed by atoms with Crippen molar-refractivity contribution in [3.63, 3.8) is 0 Å². The predicted molar refractivity (Wildman–Crippen MR) is 138 cm³/mol. The molecule has 7 heteroatoms. The molecule has 0 radical (unpaired) electrons. The van der Waals surface area contributed by atoms with E-state index in [0.29, 0.717) is 32.5 Å². The van der Waals surface area contributed by atoms with E-state index in [0.717, 1.165) is 36.4 Å². The Morgan fingerprint density at radius 3 is 2.42 bits per heavy atom. The molecule has 0 N–H and O–H groups in total. The van der Waals surface area contributed by atoms with Gasteiger partial charge in [-0.1, -0.05) is 61.7 Å². The lowest BCUT2D eigenvalue weighted by Crippen LogP contribution is -2.41. The van der Waals surface area contributed by atoms with E-state index < -0.39 is 0 Å². The van der Waals surface area contributed by atoms with Crippen LogP contribution in [0.4, 0.5) is 0 Å². The second-order valence-corrected chi connectivity index (χ2v) is 11.0. The molecule has 2 heterocycles. The second-order valence-electron chi connectivity index (χ2n) is 9.11. The molecule has 174 valence electrons. The number of thioether (sulfide) groups is 1. The minimum absolute atomic E-state index is 0.0592. The minimum Gasteiger partial charge on any atom is -0.457 e. The van der Waals surface area contributed by atoms with Crippen LogP contribution in [0.2, 0.25) is 10.0 Å². The Morgan fingerprint density at radius 2 is 1.70 bits per heavy atom. The van der Waals surface area contributed by atoms with Crippen LogP contribution in [0.25, 0.3) is 17.4 Å². The lowest BCUT2D eigenvalue weighted by atomic mass is 9.94. The summed E-state index contributed by atoms with van der Waals surface area (Å²) in [5.74, 6) is 1.34. The number of furan rings is 1. The van der Waals surface area contributed by atoms with Crippen molar-refractivity contribution >= 4 is 52.1 Å². The molecule has 4 nitrogen and oxygen atoms in total. The molecule has 1 aromatic carbocycles. The molecule has 5 rings (SSSR count). The standard InChI is InChI=1S/C26H28Cl2N2O2S/c27-17-11-13-21(22(28)15-17)23-14-12-20(32-23)16-24-25(31)30(19-9-5-2-6-10-19)26(33-24)29-18-7-3-1-4-8-18/h11-16,18-19H,1-10H2. The molecule has 1 amide bonds. The molecule has 0 bridgehead atoms. The molecule has 0 spiro atoms. The molecule has 1 saturated heterocycles. The van der Waals surface area contributed by atoms with E-state index in [4.69, 9.17) is 32.6 Å². The maximum absolute atomic E-state index is 13.5. The fourth-order valence-corrected chi connectivity index (χ4v) is 6.59. The summed E-state index contributed by atoms with van der Waals surface area (Å²) in [5, 5.41) is 2.00. The summed E-state index contributed by atoms with van der Waals surface area (Å²) >= 11 is 13.9. The fraction of sp³-hybridized carbons (Fsp3) is 0.462. The fourth-order valence-electron chi connectivity index (χ4n) is 5.00. The maximum Gasteiger partial charge on any atom is 0.267 e. The van der Waals surface area contributed by atoms with Gasteiger partial charge < -0.3 is 4.42 Å². The molecule has 2 saturated carbocycles. The van der Waals surface area contributed by atoms with E-state index >= 15 is 0 Å². The molecule has 2 aliphatic carbocycles. The van der Waals surface area contributed by atoms with Gasteiger partial charge in [0.25, 0.3) is 5.91 Å². The van der Waals surface area contributed by atoms with Crippen molar-refractivity contribution < 1.29 is 9.21 Å². The number of nitrogens with zero attached hydrogens (tertiary/aromatic N) is 2. The van der Waals surface area contributed by atoms with Gasteiger partial charge in [0.15, 0.2) is 5.17 Å². The number of hydrogen-bond acceptors (Lipinski definition) is 4. The Hall–Kier alpha value is -1.69. The van der Waals surface area contributed by atoms with Crippen LogP contribution in [0.5, 0.6) is 0 Å². The lowest BCUT2D eigenvalue weighted by molar-refractivity contribution is -0.124. The largest absolute Gasteiger partial charge is 0.457 e. The van der Waals surface area contributed by atoms with Crippen molar-refractivity contribution in [3.05, 3.63) is 51.0 Å². The van der Waals surface area contributed by atoms with Crippen LogP contribution in [0.15, 0.2) is 44.6 Å². The summed E-state index contributed by atoms with van der Waals surface area (Å²) < 4.78 is 6.04. The van der Waals surface area contributed by atoms with E-state index in [-0.39, 0.29) is 11.9 Å². The maximum atomic E-state index is 13.5. The number of aliphatic imine (C=N–C) groups is 1. The number of carbonyl (C=O) groups excluding carboxylic acids is 1. The van der Waals surface area contributed by atoms with Gasteiger partial charge in [0.05, 0.1) is 16.0 Å². The Labute approximate surface area is 209 Å². The predicted octanol–water partition coefficient (Wildman–Crippen LogP) is 8.19. The Bertz CT molecular complexity index is 1080. The Balaban J connectivity index is 1.42. The first-order valence-electron chi connectivity index (χ1n) is 11.9. The molecule has 1 aliphatic heterocycles. The third-order valence-corrected chi connectivity index (χ3v) is 8.29. The minimum atomic E-state index is 0.0592. The van der Waals surface area contributed by atoms with Crippen LogP contribution in [0.3, 0.4) is 0 Å². The molecule has 3 fully saturated rings. The van der Waals surface area contributed by atoms with Crippen molar-refractivity contribution in [2.75, 3.05) is 0 Å². The highest BCUT2D eigenvalue weighted by Crippen LogP contribution is 2.39. The van der Waals surface area contributed by atoms with Crippen LogP contribution in [-0.2, 0) is 4.79 Å². The third-order valence-electron chi connectivity index (χ3n) is 6.74. The van der Waals surface area contributed by atoms with Crippen LogP contribution in [0, 0.1) is 0 Å². The topological polar surface area (TPSA) is 45.8 Å². The highest BCUT2D eigenvalue weighted by atomic mass is 35.5. The van der Waals surface area contributed by atoms with Gasteiger partial charge in [-0.15, -0.1) is 0 Å². The first kappa shape index (κ1) is 23.1. The Kier molecular flexibility index (Phi) is 7.19. The highest BCUT2D eigenvalue weighted by Gasteiger charge is 2.39. The van der Waals surface area contributed by atoms with E-state index in [1.54, 1.807) is 12.1 Å². The summed E-state index contributed by atoms with van der Waals surface area (Å²) in [6.07, 6.45) is 13.6. The van der Waals surface area contributed by atoms with Gasteiger partial charge in [0.2, 0.25) is 0 Å². The van der Waals surface area contributed by atoms with Gasteiger partial charge in [-0.3, -0.25) is 14.7 Å². The first-order valence-corrected chi connectivity index (χ1v) is 13.5. The molecule has 0 unspecified atom stereocenters. The SMILES string of the molecule is O=C1C(=Cc2ccc(-c3ccc(Cl)cc3Cl)o2)SC(=NC2CCCCC2)N1C1CCCCC1. The van der Waals surface area contributed by atoms with E-state index in [1.165, 1.54) is 50.3 Å². The molecular weight excluding hydrogens is 475 g/mol. The number of rotatable bonds is 4. The average molecular weight is 503 g/mol. The molecule has 2 aromatic rings. The Morgan fingerprint density at radius 1 is 0.970 bits per heavy atom.